The molecule has 194 valence electrons. The molecule has 8 nitrogen and oxygen atoms in total. The lowest BCUT2D eigenvalue weighted by Crippen LogP contribution is -2.64. The summed E-state index contributed by atoms with van der Waals surface area (Å²) in [6, 6.07) is 4.74. The highest BCUT2D eigenvalue weighted by Crippen LogP contribution is 2.52. The first-order valence-electron chi connectivity index (χ1n) is 11.6. The monoisotopic (exact) mass is 527 g/mol. The van der Waals surface area contributed by atoms with Crippen molar-refractivity contribution in [3.63, 3.8) is 0 Å². The number of rotatable bonds is 4. The molecule has 3 aliphatic rings. The minimum atomic E-state index is -5.24. The van der Waals surface area contributed by atoms with Gasteiger partial charge in [0.2, 0.25) is 0 Å². The number of fused-ring (bicyclic) bond motifs is 4. The zero-order chi connectivity index (χ0) is 25.7. The Bertz CT molecular complexity index is 1170. The second kappa shape index (κ2) is 9.14. The van der Waals surface area contributed by atoms with Crippen molar-refractivity contribution in [1.82, 2.24) is 10.3 Å². The Labute approximate surface area is 210 Å². The number of aromatic nitrogens is 1. The summed E-state index contributed by atoms with van der Waals surface area (Å²) in [7, 11) is 0. The summed E-state index contributed by atoms with van der Waals surface area (Å²) in [5.41, 5.74) is 7.02. The molecule has 1 saturated heterocycles. The molecule has 2 aliphatic heterocycles. The summed E-state index contributed by atoms with van der Waals surface area (Å²) in [6.07, 6.45) is -0.451. The summed E-state index contributed by atoms with van der Waals surface area (Å²) in [5.74, 6) is -2.21. The molecule has 2 unspecified atom stereocenters. The molecule has 5 atom stereocenters. The van der Waals surface area contributed by atoms with Gasteiger partial charge in [0.25, 0.3) is 0 Å². The van der Waals surface area contributed by atoms with Crippen LogP contribution in [0, 0.1) is 5.92 Å². The highest BCUT2D eigenvalue weighted by Gasteiger charge is 2.61. The lowest BCUT2D eigenvalue weighted by Gasteiger charge is -2.50. The van der Waals surface area contributed by atoms with Gasteiger partial charge in [0.15, 0.2) is 0 Å². The average molecular weight is 528 g/mol. The van der Waals surface area contributed by atoms with Crippen molar-refractivity contribution in [3.8, 4) is 16.9 Å². The molecule has 3 heterocycles. The number of hydrogen-bond donors (Lipinski definition) is 2. The molecular weight excluding hydrogens is 503 g/mol. The van der Waals surface area contributed by atoms with Crippen molar-refractivity contribution in [2.24, 2.45) is 11.7 Å². The number of nitrogens with zero attached hydrogens (tertiary/aromatic N) is 1. The summed E-state index contributed by atoms with van der Waals surface area (Å²) in [5, 5.41) is 3.38. The predicted octanol–water partition coefficient (Wildman–Crippen LogP) is 3.86. The van der Waals surface area contributed by atoms with Gasteiger partial charge >= 0.3 is 18.2 Å². The number of hydrogen-bond acceptors (Lipinski definition) is 8. The lowest BCUT2D eigenvalue weighted by atomic mass is 9.67. The van der Waals surface area contributed by atoms with Gasteiger partial charge in [-0.3, -0.25) is 10.7 Å². The third-order valence-electron chi connectivity index (χ3n) is 6.94. The van der Waals surface area contributed by atoms with Crippen LogP contribution in [-0.4, -0.2) is 48.6 Å². The topological polar surface area (TPSA) is 105 Å². The first-order chi connectivity index (χ1) is 17.0. The van der Waals surface area contributed by atoms with Crippen LogP contribution in [0.2, 0.25) is 5.02 Å². The number of ether oxygens (including phenoxy) is 4. The number of carbonyl (C=O) groups excluding carboxylic acids is 1. The molecule has 5 rings (SSSR count). The number of halogens is 4. The van der Waals surface area contributed by atoms with E-state index >= 15 is 0 Å². The van der Waals surface area contributed by atoms with Gasteiger partial charge in [-0.2, -0.15) is 13.2 Å². The first kappa shape index (κ1) is 25.2. The van der Waals surface area contributed by atoms with Crippen LogP contribution >= 0.6 is 11.6 Å². The number of alkyl halides is 3. The molecular formula is C24H25ClF3N3O5. The number of pyridine rings is 1. The molecule has 2 aromatic rings. The Balaban J connectivity index is 1.58. The first-order valence-corrected chi connectivity index (χ1v) is 12.0. The minimum Gasteiger partial charge on any atom is -0.490 e. The third-order valence-corrected chi connectivity index (χ3v) is 7.14. The average Bonchev–Trinajstić information content (AvgIpc) is 3.17. The fourth-order valence-corrected chi connectivity index (χ4v) is 5.62. The van der Waals surface area contributed by atoms with Crippen LogP contribution in [0.3, 0.4) is 0 Å². The van der Waals surface area contributed by atoms with Crippen LogP contribution in [0.5, 0.6) is 5.75 Å². The van der Waals surface area contributed by atoms with E-state index in [-0.39, 0.29) is 24.7 Å². The van der Waals surface area contributed by atoms with Crippen LogP contribution in [0.1, 0.15) is 31.7 Å². The molecule has 36 heavy (non-hydrogen) atoms. The normalized spacial score (nSPS) is 31.4. The van der Waals surface area contributed by atoms with Crippen LogP contribution in [0.4, 0.5) is 13.2 Å². The van der Waals surface area contributed by atoms with E-state index in [1.165, 1.54) is 6.20 Å². The minimum absolute atomic E-state index is 0.0779. The highest BCUT2D eigenvalue weighted by atomic mass is 35.5. The quantitative estimate of drug-likeness (QED) is 0.456. The van der Waals surface area contributed by atoms with Crippen LogP contribution in [0.15, 0.2) is 36.7 Å². The number of esters is 1. The molecule has 0 amide bonds. The van der Waals surface area contributed by atoms with Gasteiger partial charge in [0.05, 0.1) is 23.3 Å². The number of nitrogens with two attached hydrogens (primary N) is 1. The van der Waals surface area contributed by atoms with E-state index in [1.54, 1.807) is 18.3 Å². The summed E-state index contributed by atoms with van der Waals surface area (Å²) in [6.45, 7) is 2.27. The van der Waals surface area contributed by atoms with Gasteiger partial charge in [0, 0.05) is 36.0 Å². The smallest absolute Gasteiger partial charge is 0.490 e. The van der Waals surface area contributed by atoms with Crippen molar-refractivity contribution < 1.29 is 36.9 Å². The fraction of sp³-hybridized carbons (Fsp3) is 0.500. The molecule has 1 aromatic heterocycles. The standard InChI is InChI=1S/C24H25ClF3N3O5/c1-2-33-16-4-6-20-18(9-16)22(12-34-24(29,31-22)36-21(32)23(26,27)28)17-8-13(3-5-19(17)35-20)14-7-15(25)11-30-10-14/h3,5,7-8,10-11,16,18,20,31H,2,4,6,9,12,29H2,1H3/t16-,18-,20-,22?,24?/m0/s1. The van der Waals surface area contributed by atoms with Crippen molar-refractivity contribution in [2.45, 2.75) is 56.1 Å². The number of carbonyl (C=O) groups is 1. The Morgan fingerprint density at radius 2 is 2.08 bits per heavy atom. The number of benzene rings is 1. The fourth-order valence-electron chi connectivity index (χ4n) is 5.44. The zero-order valence-electron chi connectivity index (χ0n) is 19.3. The Hall–Kier alpha value is -2.44. The lowest BCUT2D eigenvalue weighted by molar-refractivity contribution is -0.254. The third kappa shape index (κ3) is 4.54. The highest BCUT2D eigenvalue weighted by molar-refractivity contribution is 6.30. The SMILES string of the molecule is CCO[C@H]1CC[C@@H]2Oc3ccc(-c4cncc(Cl)c4)cc3C3(COC(N)(OC(=O)C(F)(F)F)N3)[C@H]2C1. The van der Waals surface area contributed by atoms with Gasteiger partial charge in [-0.1, -0.05) is 17.7 Å². The second-order valence-corrected chi connectivity index (χ2v) is 9.63. The van der Waals surface area contributed by atoms with Crippen molar-refractivity contribution in [3.05, 3.63) is 47.2 Å². The summed E-state index contributed by atoms with van der Waals surface area (Å²) in [4.78, 5) is 15.8. The maximum Gasteiger partial charge on any atom is 0.491 e. The Morgan fingerprint density at radius 3 is 2.81 bits per heavy atom. The van der Waals surface area contributed by atoms with Gasteiger partial charge in [-0.25, -0.2) is 10.1 Å². The predicted molar refractivity (Wildman–Crippen MR) is 122 cm³/mol. The van der Waals surface area contributed by atoms with Crippen molar-refractivity contribution in [1.29, 1.82) is 0 Å². The Kier molecular flexibility index (Phi) is 6.40. The van der Waals surface area contributed by atoms with Crippen LogP contribution in [0.25, 0.3) is 11.1 Å². The van der Waals surface area contributed by atoms with E-state index in [9.17, 15) is 18.0 Å². The molecule has 0 bridgehead atoms. The number of nitrogens with one attached hydrogen (secondary N) is 1. The van der Waals surface area contributed by atoms with Crippen LogP contribution < -0.4 is 15.8 Å². The molecule has 12 heteroatoms. The van der Waals surface area contributed by atoms with E-state index in [0.717, 1.165) is 17.5 Å². The van der Waals surface area contributed by atoms with E-state index in [2.05, 4.69) is 15.0 Å². The van der Waals surface area contributed by atoms with E-state index in [4.69, 9.17) is 31.5 Å². The van der Waals surface area contributed by atoms with Gasteiger partial charge in [-0.05, 0) is 49.9 Å². The van der Waals surface area contributed by atoms with E-state index < -0.39 is 23.7 Å². The van der Waals surface area contributed by atoms with Crippen LogP contribution in [-0.2, 0) is 24.5 Å². The van der Waals surface area contributed by atoms with E-state index in [1.807, 2.05) is 19.1 Å². The molecule has 1 aliphatic carbocycles. The second-order valence-electron chi connectivity index (χ2n) is 9.20. The maximum atomic E-state index is 13.0. The molecule has 1 spiro atoms. The molecule has 1 saturated carbocycles. The molecule has 0 radical (unpaired) electrons. The maximum absolute atomic E-state index is 13.0. The van der Waals surface area contributed by atoms with Crippen molar-refractivity contribution >= 4 is 17.6 Å². The van der Waals surface area contributed by atoms with E-state index in [0.29, 0.717) is 35.8 Å². The molecule has 2 fully saturated rings. The zero-order valence-corrected chi connectivity index (χ0v) is 20.1. The summed E-state index contributed by atoms with van der Waals surface area (Å²) >= 11 is 6.13. The summed E-state index contributed by atoms with van der Waals surface area (Å²) < 4.78 is 61.2. The van der Waals surface area contributed by atoms with Gasteiger partial charge in [-0.15, -0.1) is 0 Å². The van der Waals surface area contributed by atoms with Crippen molar-refractivity contribution in [2.75, 3.05) is 13.2 Å². The van der Waals surface area contributed by atoms with Gasteiger partial charge < -0.3 is 18.9 Å². The molecule has 3 N–H and O–H groups in total. The largest absolute Gasteiger partial charge is 0.491 e. The Morgan fingerprint density at radius 1 is 1.28 bits per heavy atom. The van der Waals surface area contributed by atoms with Gasteiger partial charge in [0.1, 0.15) is 11.9 Å². The molecule has 1 aromatic carbocycles.